The van der Waals surface area contributed by atoms with E-state index in [1.807, 2.05) is 30.3 Å². The van der Waals surface area contributed by atoms with Crippen molar-refractivity contribution in [2.24, 2.45) is 0 Å². The molecule has 2 fully saturated rings. The van der Waals surface area contributed by atoms with Gasteiger partial charge in [0.1, 0.15) is 0 Å². The number of hydrogen-bond donors (Lipinski definition) is 1. The predicted molar refractivity (Wildman–Crippen MR) is 113 cm³/mol. The molecule has 2 aliphatic rings. The second-order valence-electron chi connectivity index (χ2n) is 7.04. The number of nitrogens with zero attached hydrogens (tertiary/aromatic N) is 4. The monoisotopic (exact) mass is 425 g/mol. The molecule has 0 radical (unpaired) electrons. The summed E-state index contributed by atoms with van der Waals surface area (Å²) in [5, 5.41) is 4.44. The molecular formula is C19H22Cl3N5. The van der Waals surface area contributed by atoms with Crippen LogP contribution in [0, 0.1) is 0 Å². The van der Waals surface area contributed by atoms with Crippen LogP contribution >= 0.6 is 36.4 Å². The molecule has 4 heterocycles. The standard InChI is InChI=1S/C19H20ClN5.2ClH/c20-14-4-2-13(3-5-14)18-17(25-9-1-8-21-19(25)23-18)12-24-10-15-6-7-16(11-24)22-15;;/h1-5,8-9,15-16,22H,6-7,10-12H2;2*1H. The minimum atomic E-state index is 0. The van der Waals surface area contributed by atoms with Crippen molar-refractivity contribution in [2.75, 3.05) is 13.1 Å². The average Bonchev–Trinajstić information content (AvgIpc) is 3.16. The molecular weight excluding hydrogens is 405 g/mol. The van der Waals surface area contributed by atoms with E-state index in [0.717, 1.165) is 41.7 Å². The molecule has 2 atom stereocenters. The number of likely N-dealkylation sites (tertiary alicyclic amines) is 1. The molecule has 144 valence electrons. The molecule has 2 aromatic heterocycles. The lowest BCUT2D eigenvalue weighted by molar-refractivity contribution is 0.187. The van der Waals surface area contributed by atoms with Crippen LogP contribution in [-0.4, -0.2) is 44.4 Å². The van der Waals surface area contributed by atoms with E-state index in [-0.39, 0.29) is 24.8 Å². The molecule has 1 aromatic carbocycles. The Bertz CT molecular complexity index is 899. The first kappa shape index (κ1) is 20.4. The van der Waals surface area contributed by atoms with E-state index in [0.29, 0.717) is 12.1 Å². The Balaban J connectivity index is 0.00000105. The zero-order chi connectivity index (χ0) is 16.8. The van der Waals surface area contributed by atoms with E-state index in [4.69, 9.17) is 16.6 Å². The smallest absolute Gasteiger partial charge is 0.234 e. The van der Waals surface area contributed by atoms with Gasteiger partial charge < -0.3 is 5.32 Å². The summed E-state index contributed by atoms with van der Waals surface area (Å²) in [4.78, 5) is 11.8. The first-order valence-corrected chi connectivity index (χ1v) is 9.20. The Kier molecular flexibility index (Phi) is 6.28. The van der Waals surface area contributed by atoms with Gasteiger partial charge in [0.25, 0.3) is 0 Å². The summed E-state index contributed by atoms with van der Waals surface area (Å²) in [7, 11) is 0. The summed E-state index contributed by atoms with van der Waals surface area (Å²) in [5.74, 6) is 0.751. The molecule has 1 N–H and O–H groups in total. The van der Waals surface area contributed by atoms with E-state index in [2.05, 4.69) is 25.8 Å². The van der Waals surface area contributed by atoms with Crippen LogP contribution in [0.15, 0.2) is 42.7 Å². The van der Waals surface area contributed by atoms with Crippen LogP contribution in [0.25, 0.3) is 17.0 Å². The van der Waals surface area contributed by atoms with Crippen LogP contribution in [0.4, 0.5) is 0 Å². The van der Waals surface area contributed by atoms with Crippen molar-refractivity contribution in [3.8, 4) is 11.3 Å². The first-order valence-electron chi connectivity index (χ1n) is 8.82. The van der Waals surface area contributed by atoms with Crippen LogP contribution in [-0.2, 0) is 6.54 Å². The summed E-state index contributed by atoms with van der Waals surface area (Å²) in [6.45, 7) is 3.09. The van der Waals surface area contributed by atoms with Gasteiger partial charge in [0.15, 0.2) is 0 Å². The molecule has 3 aromatic rings. The molecule has 2 bridgehead atoms. The van der Waals surface area contributed by atoms with Gasteiger partial charge in [-0.3, -0.25) is 9.30 Å². The van der Waals surface area contributed by atoms with Gasteiger partial charge in [-0.2, -0.15) is 0 Å². The molecule has 5 rings (SSSR count). The van der Waals surface area contributed by atoms with Crippen molar-refractivity contribution in [1.29, 1.82) is 0 Å². The van der Waals surface area contributed by atoms with Crippen LogP contribution < -0.4 is 5.32 Å². The SMILES string of the molecule is Cl.Cl.Clc1ccc(-c2nc3ncccn3c2CN2CC3CCC(C2)N3)cc1. The molecule has 0 spiro atoms. The third kappa shape index (κ3) is 3.93. The number of rotatable bonds is 3. The third-order valence-corrected chi connectivity index (χ3v) is 5.54. The number of fused-ring (bicyclic) bond motifs is 3. The maximum atomic E-state index is 6.06. The van der Waals surface area contributed by atoms with Crippen molar-refractivity contribution >= 4 is 42.2 Å². The number of nitrogens with one attached hydrogen (secondary N) is 1. The second-order valence-corrected chi connectivity index (χ2v) is 7.47. The van der Waals surface area contributed by atoms with Gasteiger partial charge in [0.2, 0.25) is 5.78 Å². The van der Waals surface area contributed by atoms with E-state index in [1.54, 1.807) is 6.20 Å². The van der Waals surface area contributed by atoms with E-state index < -0.39 is 0 Å². The van der Waals surface area contributed by atoms with Gasteiger partial charge in [-0.15, -0.1) is 24.8 Å². The van der Waals surface area contributed by atoms with Gasteiger partial charge in [-0.1, -0.05) is 23.7 Å². The quantitative estimate of drug-likeness (QED) is 0.691. The number of aromatic nitrogens is 3. The summed E-state index contributed by atoms with van der Waals surface area (Å²) in [5.41, 5.74) is 3.29. The molecule has 0 saturated carbocycles. The van der Waals surface area contributed by atoms with E-state index >= 15 is 0 Å². The van der Waals surface area contributed by atoms with Crippen LogP contribution in [0.3, 0.4) is 0 Å². The Labute approximate surface area is 176 Å². The molecule has 5 nitrogen and oxygen atoms in total. The van der Waals surface area contributed by atoms with Crippen molar-refractivity contribution in [3.63, 3.8) is 0 Å². The van der Waals surface area contributed by atoms with Crippen LogP contribution in [0.2, 0.25) is 5.02 Å². The predicted octanol–water partition coefficient (Wildman–Crippen LogP) is 3.83. The Morgan fingerprint density at radius 3 is 2.48 bits per heavy atom. The van der Waals surface area contributed by atoms with E-state index in [1.165, 1.54) is 18.5 Å². The minimum absolute atomic E-state index is 0. The van der Waals surface area contributed by atoms with Gasteiger partial charge in [-0.25, -0.2) is 9.97 Å². The van der Waals surface area contributed by atoms with E-state index in [9.17, 15) is 0 Å². The number of imidazole rings is 1. The summed E-state index contributed by atoms with van der Waals surface area (Å²) in [6.07, 6.45) is 6.43. The molecule has 8 heteroatoms. The highest BCUT2D eigenvalue weighted by molar-refractivity contribution is 6.30. The average molecular weight is 427 g/mol. The zero-order valence-electron chi connectivity index (χ0n) is 14.7. The maximum Gasteiger partial charge on any atom is 0.234 e. The summed E-state index contributed by atoms with van der Waals surface area (Å²) in [6, 6.07) is 11.1. The van der Waals surface area contributed by atoms with Crippen molar-refractivity contribution < 1.29 is 0 Å². The highest BCUT2D eigenvalue weighted by Crippen LogP contribution is 2.28. The summed E-state index contributed by atoms with van der Waals surface area (Å²) >= 11 is 6.06. The molecule has 0 amide bonds. The van der Waals surface area contributed by atoms with Crippen molar-refractivity contribution in [3.05, 3.63) is 53.4 Å². The lowest BCUT2D eigenvalue weighted by Gasteiger charge is -2.32. The molecule has 0 aliphatic carbocycles. The number of piperazine rings is 1. The Hall–Kier alpha value is -1.37. The molecule has 2 aliphatic heterocycles. The maximum absolute atomic E-state index is 6.06. The first-order chi connectivity index (χ1) is 12.3. The fraction of sp³-hybridized carbons (Fsp3) is 0.368. The number of benzene rings is 1. The van der Waals surface area contributed by atoms with Crippen molar-refractivity contribution in [1.82, 2.24) is 24.6 Å². The largest absolute Gasteiger partial charge is 0.309 e. The number of halogens is 3. The molecule has 2 unspecified atom stereocenters. The Morgan fingerprint density at radius 2 is 1.78 bits per heavy atom. The highest BCUT2D eigenvalue weighted by atomic mass is 35.5. The molecule has 27 heavy (non-hydrogen) atoms. The van der Waals surface area contributed by atoms with Crippen LogP contribution in [0.1, 0.15) is 18.5 Å². The fourth-order valence-electron chi connectivity index (χ4n) is 4.15. The Morgan fingerprint density at radius 1 is 1.07 bits per heavy atom. The fourth-order valence-corrected chi connectivity index (χ4v) is 4.28. The summed E-state index contributed by atoms with van der Waals surface area (Å²) < 4.78 is 2.12. The second kappa shape index (κ2) is 8.33. The zero-order valence-corrected chi connectivity index (χ0v) is 17.1. The minimum Gasteiger partial charge on any atom is -0.309 e. The highest BCUT2D eigenvalue weighted by Gasteiger charge is 2.32. The van der Waals surface area contributed by atoms with Gasteiger partial charge in [-0.05, 0) is 31.0 Å². The lowest BCUT2D eigenvalue weighted by atomic mass is 10.1. The van der Waals surface area contributed by atoms with Gasteiger partial charge >= 0.3 is 0 Å². The van der Waals surface area contributed by atoms with Crippen LogP contribution in [0.5, 0.6) is 0 Å². The lowest BCUT2D eigenvalue weighted by Crippen LogP contribution is -2.50. The van der Waals surface area contributed by atoms with Gasteiger partial charge in [0, 0.05) is 54.7 Å². The topological polar surface area (TPSA) is 45.5 Å². The third-order valence-electron chi connectivity index (χ3n) is 5.29. The van der Waals surface area contributed by atoms with Gasteiger partial charge in [0.05, 0.1) is 11.4 Å². The number of hydrogen-bond acceptors (Lipinski definition) is 4. The molecule has 2 saturated heterocycles. The van der Waals surface area contributed by atoms with Crippen molar-refractivity contribution in [2.45, 2.75) is 31.5 Å². The normalized spacial score (nSPS) is 21.7.